The van der Waals surface area contributed by atoms with Gasteiger partial charge in [0.2, 0.25) is 5.88 Å². The number of hydrogen-bond acceptors (Lipinski definition) is 2. The molecule has 0 bridgehead atoms. The van der Waals surface area contributed by atoms with E-state index in [9.17, 15) is 0 Å². The first-order valence-corrected chi connectivity index (χ1v) is 3.85. The molecule has 0 aliphatic rings. The first-order chi connectivity index (χ1) is 5.79. The number of aryl methyl sites for hydroxylation is 1. The van der Waals surface area contributed by atoms with Crippen LogP contribution in [0, 0.1) is 13.8 Å². The summed E-state index contributed by atoms with van der Waals surface area (Å²) < 4.78 is 7.06. The summed E-state index contributed by atoms with van der Waals surface area (Å²) in [6.45, 7) is 3.94. The number of rotatable bonds is 1. The van der Waals surface area contributed by atoms with Crippen LogP contribution in [0.4, 0.5) is 0 Å². The minimum Gasteiger partial charge on any atom is -0.337 e. The second kappa shape index (κ2) is 2.52. The molecule has 0 aliphatic carbocycles. The smallest absolute Gasteiger partial charge is 0.238 e. The molecule has 2 aromatic rings. The summed E-state index contributed by atoms with van der Waals surface area (Å²) in [5, 5.41) is 3.88. The fourth-order valence-electron chi connectivity index (χ4n) is 1.11. The minimum absolute atomic E-state index is 0.803. The quantitative estimate of drug-likeness (QED) is 0.642. The van der Waals surface area contributed by atoms with Crippen molar-refractivity contribution in [3.05, 3.63) is 35.8 Å². The first kappa shape index (κ1) is 7.16. The average Bonchev–Trinajstić information content (AvgIpc) is 2.64. The maximum atomic E-state index is 5.15. The van der Waals surface area contributed by atoms with Gasteiger partial charge in [-0.25, -0.2) is 0 Å². The molecule has 2 heterocycles. The van der Waals surface area contributed by atoms with Crippen molar-refractivity contribution < 1.29 is 4.52 Å². The Kier molecular flexibility index (Phi) is 1.50. The molecule has 3 nitrogen and oxygen atoms in total. The Hall–Kier alpha value is -1.51. The third-order valence-corrected chi connectivity index (χ3v) is 1.97. The summed E-state index contributed by atoms with van der Waals surface area (Å²) in [4.78, 5) is 0. The van der Waals surface area contributed by atoms with Crippen molar-refractivity contribution in [2.24, 2.45) is 0 Å². The van der Waals surface area contributed by atoms with Crippen LogP contribution < -0.4 is 0 Å². The van der Waals surface area contributed by atoms with Gasteiger partial charge in [0.1, 0.15) is 0 Å². The van der Waals surface area contributed by atoms with E-state index in [1.165, 1.54) is 0 Å². The van der Waals surface area contributed by atoms with Crippen LogP contribution >= 0.6 is 0 Å². The second-order valence-corrected chi connectivity index (χ2v) is 2.79. The summed E-state index contributed by atoms with van der Waals surface area (Å²) in [7, 11) is 0. The van der Waals surface area contributed by atoms with Gasteiger partial charge >= 0.3 is 0 Å². The second-order valence-electron chi connectivity index (χ2n) is 2.79. The monoisotopic (exact) mass is 162 g/mol. The molecule has 0 atom stereocenters. The molecular weight excluding hydrogens is 152 g/mol. The third-order valence-electron chi connectivity index (χ3n) is 1.97. The van der Waals surface area contributed by atoms with Gasteiger partial charge in [-0.3, -0.25) is 4.57 Å². The molecule has 0 fully saturated rings. The van der Waals surface area contributed by atoms with Crippen LogP contribution in [-0.4, -0.2) is 9.72 Å². The predicted octanol–water partition coefficient (Wildman–Crippen LogP) is 2.08. The Labute approximate surface area is 70.6 Å². The molecule has 0 aromatic carbocycles. The van der Waals surface area contributed by atoms with Crippen molar-refractivity contribution in [2.45, 2.75) is 13.8 Å². The largest absolute Gasteiger partial charge is 0.337 e. The van der Waals surface area contributed by atoms with E-state index in [4.69, 9.17) is 4.52 Å². The molecule has 0 saturated carbocycles. The van der Waals surface area contributed by atoms with Crippen LogP contribution in [0.2, 0.25) is 0 Å². The van der Waals surface area contributed by atoms with E-state index in [1.54, 1.807) is 0 Å². The number of aromatic nitrogens is 2. The van der Waals surface area contributed by atoms with Crippen molar-refractivity contribution in [1.29, 1.82) is 0 Å². The van der Waals surface area contributed by atoms with Crippen LogP contribution in [0.15, 0.2) is 29.0 Å². The van der Waals surface area contributed by atoms with E-state index < -0.39 is 0 Å². The highest BCUT2D eigenvalue weighted by Gasteiger charge is 2.08. The molecule has 0 amide bonds. The zero-order valence-corrected chi connectivity index (χ0v) is 7.11. The normalized spacial score (nSPS) is 10.5. The first-order valence-electron chi connectivity index (χ1n) is 3.85. The highest BCUT2D eigenvalue weighted by Crippen LogP contribution is 2.16. The fraction of sp³-hybridized carbons (Fsp3) is 0.222. The maximum Gasteiger partial charge on any atom is 0.238 e. The highest BCUT2D eigenvalue weighted by molar-refractivity contribution is 5.32. The molecule has 0 spiro atoms. The summed E-state index contributed by atoms with van der Waals surface area (Å²) in [6.07, 6.45) is 3.87. The lowest BCUT2D eigenvalue weighted by Gasteiger charge is -1.95. The zero-order valence-electron chi connectivity index (χ0n) is 7.11. The fourth-order valence-corrected chi connectivity index (χ4v) is 1.11. The van der Waals surface area contributed by atoms with E-state index in [-0.39, 0.29) is 0 Å². The summed E-state index contributed by atoms with van der Waals surface area (Å²) >= 11 is 0. The third kappa shape index (κ3) is 0.942. The topological polar surface area (TPSA) is 31.0 Å². The van der Waals surface area contributed by atoms with Crippen molar-refractivity contribution in [2.75, 3.05) is 0 Å². The Morgan fingerprint density at radius 1 is 1.25 bits per heavy atom. The Morgan fingerprint density at radius 3 is 2.42 bits per heavy atom. The molecule has 0 aliphatic heterocycles. The molecule has 0 saturated heterocycles. The van der Waals surface area contributed by atoms with E-state index in [1.807, 2.05) is 42.9 Å². The highest BCUT2D eigenvalue weighted by atomic mass is 16.5. The molecule has 0 radical (unpaired) electrons. The van der Waals surface area contributed by atoms with Gasteiger partial charge in [0.05, 0.1) is 5.69 Å². The SMILES string of the molecule is Cc1noc(-n2cccc2)c1C. The van der Waals surface area contributed by atoms with Gasteiger partial charge in [0, 0.05) is 18.0 Å². The van der Waals surface area contributed by atoms with Gasteiger partial charge in [0.25, 0.3) is 0 Å². The molecule has 62 valence electrons. The summed E-state index contributed by atoms with van der Waals surface area (Å²) in [6, 6.07) is 3.91. The molecule has 0 unspecified atom stereocenters. The Morgan fingerprint density at radius 2 is 1.92 bits per heavy atom. The van der Waals surface area contributed by atoms with Crippen LogP contribution in [0.3, 0.4) is 0 Å². The number of hydrogen-bond donors (Lipinski definition) is 0. The summed E-state index contributed by atoms with van der Waals surface area (Å²) in [5.74, 6) is 0.803. The number of nitrogens with zero attached hydrogens (tertiary/aromatic N) is 2. The van der Waals surface area contributed by atoms with Crippen molar-refractivity contribution in [1.82, 2.24) is 9.72 Å². The maximum absolute atomic E-state index is 5.15. The Bertz CT molecular complexity index is 373. The lowest BCUT2D eigenvalue weighted by molar-refractivity contribution is 0.401. The molecule has 3 heteroatoms. The lowest BCUT2D eigenvalue weighted by atomic mass is 10.3. The summed E-state index contributed by atoms with van der Waals surface area (Å²) in [5.41, 5.74) is 2.03. The molecular formula is C9H10N2O. The molecule has 2 rings (SSSR count). The van der Waals surface area contributed by atoms with Crippen LogP contribution in [0.25, 0.3) is 5.88 Å². The van der Waals surface area contributed by atoms with Crippen LogP contribution in [-0.2, 0) is 0 Å². The van der Waals surface area contributed by atoms with Crippen molar-refractivity contribution in [3.8, 4) is 5.88 Å². The predicted molar refractivity (Wildman–Crippen MR) is 45.3 cm³/mol. The Balaban J connectivity index is 2.55. The van der Waals surface area contributed by atoms with E-state index >= 15 is 0 Å². The van der Waals surface area contributed by atoms with Gasteiger partial charge in [-0.15, -0.1) is 0 Å². The average molecular weight is 162 g/mol. The van der Waals surface area contributed by atoms with Gasteiger partial charge in [0.15, 0.2) is 0 Å². The van der Waals surface area contributed by atoms with E-state index in [0.29, 0.717) is 0 Å². The van der Waals surface area contributed by atoms with Gasteiger partial charge in [-0.2, -0.15) is 0 Å². The van der Waals surface area contributed by atoms with E-state index in [2.05, 4.69) is 5.16 Å². The van der Waals surface area contributed by atoms with Gasteiger partial charge in [-0.1, -0.05) is 5.16 Å². The van der Waals surface area contributed by atoms with Crippen molar-refractivity contribution >= 4 is 0 Å². The van der Waals surface area contributed by atoms with E-state index in [0.717, 1.165) is 17.1 Å². The minimum atomic E-state index is 0.803. The van der Waals surface area contributed by atoms with Gasteiger partial charge < -0.3 is 4.52 Å². The molecule has 2 aromatic heterocycles. The molecule has 0 N–H and O–H groups in total. The lowest BCUT2D eigenvalue weighted by Crippen LogP contribution is -1.89. The van der Waals surface area contributed by atoms with Crippen LogP contribution in [0.5, 0.6) is 0 Å². The molecule has 12 heavy (non-hydrogen) atoms. The van der Waals surface area contributed by atoms with Crippen LogP contribution in [0.1, 0.15) is 11.3 Å². The van der Waals surface area contributed by atoms with Gasteiger partial charge in [-0.05, 0) is 26.0 Å². The standard InChI is InChI=1S/C9H10N2O/c1-7-8(2)10-12-9(7)11-5-3-4-6-11/h3-6H,1-2H3. The van der Waals surface area contributed by atoms with Crippen molar-refractivity contribution in [3.63, 3.8) is 0 Å². The zero-order chi connectivity index (χ0) is 8.55.